The number of hydrogen-bond acceptors (Lipinski definition) is 4. The second kappa shape index (κ2) is 8.13. The molecule has 5 nitrogen and oxygen atoms in total. The smallest absolute Gasteiger partial charge is 0.224 e. The van der Waals surface area contributed by atoms with E-state index in [0.29, 0.717) is 25.6 Å². The molecule has 0 saturated heterocycles. The van der Waals surface area contributed by atoms with Gasteiger partial charge in [0.15, 0.2) is 11.5 Å². The molecule has 1 aliphatic heterocycles. The molecule has 0 fully saturated rings. The van der Waals surface area contributed by atoms with Crippen molar-refractivity contribution in [3.63, 3.8) is 0 Å². The van der Waals surface area contributed by atoms with Gasteiger partial charge in [0.25, 0.3) is 0 Å². The first-order valence-corrected chi connectivity index (χ1v) is 8.90. The number of methoxy groups -OCH3 is 1. The average molecular weight is 355 g/mol. The van der Waals surface area contributed by atoms with Crippen LogP contribution in [-0.2, 0) is 4.79 Å². The van der Waals surface area contributed by atoms with Gasteiger partial charge >= 0.3 is 0 Å². The topological polar surface area (TPSA) is 56.8 Å². The fourth-order valence-electron chi connectivity index (χ4n) is 3.14. The summed E-state index contributed by atoms with van der Waals surface area (Å²) in [4.78, 5) is 12.6. The Balaban J connectivity index is 1.73. The first-order valence-electron chi connectivity index (χ1n) is 8.90. The molecule has 1 heterocycles. The lowest BCUT2D eigenvalue weighted by Crippen LogP contribution is -2.20. The third kappa shape index (κ3) is 4.28. The maximum Gasteiger partial charge on any atom is 0.224 e. The standard InChI is InChI=1S/C21H25NO4/c1-14(2)18(15-7-8-19-20(11-15)26-10-9-25-19)13-21(23)22-16-5-4-6-17(12-16)24-3/h4-8,11-12,14,18H,9-10,13H2,1-3H3,(H,22,23). The summed E-state index contributed by atoms with van der Waals surface area (Å²) in [5.74, 6) is 2.63. The zero-order valence-electron chi connectivity index (χ0n) is 15.5. The molecule has 0 aromatic heterocycles. The number of benzene rings is 2. The van der Waals surface area contributed by atoms with E-state index in [1.807, 2.05) is 42.5 Å². The predicted octanol–water partition coefficient (Wildman–Crippen LogP) is 4.23. The zero-order valence-corrected chi connectivity index (χ0v) is 15.5. The summed E-state index contributed by atoms with van der Waals surface area (Å²) in [6.45, 7) is 5.38. The van der Waals surface area contributed by atoms with Crippen LogP contribution in [0, 0.1) is 5.92 Å². The van der Waals surface area contributed by atoms with Crippen LogP contribution in [0.1, 0.15) is 31.7 Å². The van der Waals surface area contributed by atoms with Crippen LogP contribution in [0.4, 0.5) is 5.69 Å². The highest BCUT2D eigenvalue weighted by atomic mass is 16.6. The molecule has 1 N–H and O–H groups in total. The Kier molecular flexibility index (Phi) is 5.66. The van der Waals surface area contributed by atoms with Gasteiger partial charge in [-0.05, 0) is 41.7 Å². The van der Waals surface area contributed by atoms with E-state index < -0.39 is 0 Å². The summed E-state index contributed by atoms with van der Waals surface area (Å²) in [5, 5.41) is 2.96. The fourth-order valence-corrected chi connectivity index (χ4v) is 3.14. The number of fused-ring (bicyclic) bond motifs is 1. The minimum Gasteiger partial charge on any atom is -0.497 e. The summed E-state index contributed by atoms with van der Waals surface area (Å²) in [5.41, 5.74) is 1.82. The molecule has 0 spiro atoms. The van der Waals surface area contributed by atoms with E-state index in [1.165, 1.54) is 0 Å². The number of nitrogens with one attached hydrogen (secondary N) is 1. The summed E-state index contributed by atoms with van der Waals surface area (Å²) >= 11 is 0. The highest BCUT2D eigenvalue weighted by molar-refractivity contribution is 5.91. The Bertz CT molecular complexity index is 772. The minimum absolute atomic E-state index is 0.0214. The molecule has 0 bridgehead atoms. The largest absolute Gasteiger partial charge is 0.497 e. The van der Waals surface area contributed by atoms with E-state index in [0.717, 1.165) is 28.5 Å². The lowest BCUT2D eigenvalue weighted by molar-refractivity contribution is -0.116. The van der Waals surface area contributed by atoms with E-state index >= 15 is 0 Å². The third-order valence-electron chi connectivity index (χ3n) is 4.56. The third-order valence-corrected chi connectivity index (χ3v) is 4.56. The molecule has 138 valence electrons. The zero-order chi connectivity index (χ0) is 18.5. The second-order valence-corrected chi connectivity index (χ2v) is 6.74. The Morgan fingerprint density at radius 2 is 1.88 bits per heavy atom. The van der Waals surface area contributed by atoms with Crippen molar-refractivity contribution in [3.05, 3.63) is 48.0 Å². The normalized spacial score (nSPS) is 14.0. The van der Waals surface area contributed by atoms with E-state index in [1.54, 1.807) is 7.11 Å². The molecule has 0 aliphatic carbocycles. The number of hydrogen-bond donors (Lipinski definition) is 1. The molecule has 0 radical (unpaired) electrons. The van der Waals surface area contributed by atoms with Gasteiger partial charge in [-0.1, -0.05) is 26.0 Å². The van der Waals surface area contributed by atoms with Gasteiger partial charge in [-0.25, -0.2) is 0 Å². The highest BCUT2D eigenvalue weighted by Gasteiger charge is 2.22. The number of anilines is 1. The molecule has 2 aromatic rings. The quantitative estimate of drug-likeness (QED) is 0.842. The van der Waals surface area contributed by atoms with Gasteiger partial charge in [0.05, 0.1) is 7.11 Å². The van der Waals surface area contributed by atoms with Crippen molar-refractivity contribution in [3.8, 4) is 17.2 Å². The maximum atomic E-state index is 12.6. The van der Waals surface area contributed by atoms with Gasteiger partial charge in [0, 0.05) is 18.2 Å². The van der Waals surface area contributed by atoms with Gasteiger partial charge in [-0.15, -0.1) is 0 Å². The number of carbonyl (C=O) groups is 1. The SMILES string of the molecule is COc1cccc(NC(=O)CC(c2ccc3c(c2)OCCO3)C(C)C)c1. The van der Waals surface area contributed by atoms with Crippen molar-refractivity contribution in [1.82, 2.24) is 0 Å². The molecule has 2 aromatic carbocycles. The van der Waals surface area contributed by atoms with Crippen molar-refractivity contribution < 1.29 is 19.0 Å². The maximum absolute atomic E-state index is 12.6. The van der Waals surface area contributed by atoms with Crippen LogP contribution in [0.5, 0.6) is 17.2 Å². The van der Waals surface area contributed by atoms with E-state index in [-0.39, 0.29) is 11.8 Å². The summed E-state index contributed by atoms with van der Waals surface area (Å²) in [6.07, 6.45) is 0.397. The molecule has 1 amide bonds. The Hall–Kier alpha value is -2.69. The van der Waals surface area contributed by atoms with Gasteiger partial charge < -0.3 is 19.5 Å². The number of carbonyl (C=O) groups excluding carboxylic acids is 1. The van der Waals surface area contributed by atoms with Crippen LogP contribution in [0.3, 0.4) is 0 Å². The van der Waals surface area contributed by atoms with Gasteiger partial charge in [-0.2, -0.15) is 0 Å². The predicted molar refractivity (Wildman–Crippen MR) is 101 cm³/mol. The van der Waals surface area contributed by atoms with Crippen molar-refractivity contribution in [2.45, 2.75) is 26.2 Å². The van der Waals surface area contributed by atoms with Crippen molar-refractivity contribution in [1.29, 1.82) is 0 Å². The monoisotopic (exact) mass is 355 g/mol. The van der Waals surface area contributed by atoms with Crippen LogP contribution in [0.15, 0.2) is 42.5 Å². The van der Waals surface area contributed by atoms with Crippen molar-refractivity contribution in [2.24, 2.45) is 5.92 Å². The first kappa shape index (κ1) is 18.1. The molecule has 1 aliphatic rings. The molecule has 1 unspecified atom stereocenters. The Labute approximate surface area is 154 Å². The van der Waals surface area contributed by atoms with Crippen molar-refractivity contribution >= 4 is 11.6 Å². The van der Waals surface area contributed by atoms with Crippen LogP contribution in [-0.4, -0.2) is 26.2 Å². The van der Waals surface area contributed by atoms with Crippen molar-refractivity contribution in [2.75, 3.05) is 25.6 Å². The molecule has 5 heteroatoms. The summed E-state index contributed by atoms with van der Waals surface area (Å²) in [7, 11) is 1.61. The Morgan fingerprint density at radius 1 is 1.12 bits per heavy atom. The molecule has 3 rings (SSSR count). The number of rotatable bonds is 6. The Morgan fingerprint density at radius 3 is 2.62 bits per heavy atom. The van der Waals surface area contributed by atoms with E-state index in [9.17, 15) is 4.79 Å². The minimum atomic E-state index is -0.0214. The summed E-state index contributed by atoms with van der Waals surface area (Å²) in [6, 6.07) is 13.3. The number of ether oxygens (including phenoxy) is 3. The van der Waals surface area contributed by atoms with Gasteiger partial charge in [0.1, 0.15) is 19.0 Å². The second-order valence-electron chi connectivity index (χ2n) is 6.74. The lowest BCUT2D eigenvalue weighted by Gasteiger charge is -2.24. The first-order chi connectivity index (χ1) is 12.6. The van der Waals surface area contributed by atoms with E-state index in [2.05, 4.69) is 19.2 Å². The van der Waals surface area contributed by atoms with Gasteiger partial charge in [-0.3, -0.25) is 4.79 Å². The summed E-state index contributed by atoms with van der Waals surface area (Å²) < 4.78 is 16.5. The molecule has 1 atom stereocenters. The number of amides is 1. The average Bonchev–Trinajstić information content (AvgIpc) is 2.65. The molecular weight excluding hydrogens is 330 g/mol. The van der Waals surface area contributed by atoms with Crippen LogP contribution in [0.2, 0.25) is 0 Å². The fraction of sp³-hybridized carbons (Fsp3) is 0.381. The van der Waals surface area contributed by atoms with Crippen LogP contribution in [0.25, 0.3) is 0 Å². The molecule has 26 heavy (non-hydrogen) atoms. The lowest BCUT2D eigenvalue weighted by atomic mass is 9.85. The van der Waals surface area contributed by atoms with Crippen LogP contribution < -0.4 is 19.5 Å². The molecular formula is C21H25NO4. The van der Waals surface area contributed by atoms with Crippen LogP contribution >= 0.6 is 0 Å². The van der Waals surface area contributed by atoms with E-state index in [4.69, 9.17) is 14.2 Å². The highest BCUT2D eigenvalue weighted by Crippen LogP contribution is 2.36. The molecule has 0 saturated carbocycles. The van der Waals surface area contributed by atoms with Gasteiger partial charge in [0.2, 0.25) is 5.91 Å².